The Labute approximate surface area is 128 Å². The van der Waals surface area contributed by atoms with Crippen LogP contribution >= 0.6 is 15.9 Å². The first-order valence-electron chi connectivity index (χ1n) is 7.50. The van der Waals surface area contributed by atoms with Gasteiger partial charge in [0.2, 0.25) is 0 Å². The Hall–Kier alpha value is -0.870. The summed E-state index contributed by atoms with van der Waals surface area (Å²) in [6, 6.07) is 9.33. The zero-order chi connectivity index (χ0) is 14.1. The summed E-state index contributed by atoms with van der Waals surface area (Å²) in [5, 5.41) is 3.64. The maximum atomic E-state index is 12.7. The summed E-state index contributed by atoms with van der Waals surface area (Å²) in [4.78, 5) is 14.8. The normalized spacial score (nSPS) is 28.4. The molecule has 2 fully saturated rings. The molecule has 2 saturated heterocycles. The zero-order valence-electron chi connectivity index (χ0n) is 11.8. The Balaban J connectivity index is 1.77. The van der Waals surface area contributed by atoms with Crippen molar-refractivity contribution in [1.29, 1.82) is 0 Å². The monoisotopic (exact) mass is 336 g/mol. The third-order valence-electron chi connectivity index (χ3n) is 4.56. The molecule has 0 saturated carbocycles. The van der Waals surface area contributed by atoms with Crippen LogP contribution in [-0.4, -0.2) is 35.5 Å². The number of nitrogens with zero attached hydrogens (tertiary/aromatic N) is 1. The summed E-state index contributed by atoms with van der Waals surface area (Å²) in [5.74, 6) is 0.167. The molecule has 1 amide bonds. The maximum Gasteiger partial charge on any atom is 0.254 e. The van der Waals surface area contributed by atoms with Crippen LogP contribution in [0.3, 0.4) is 0 Å². The lowest BCUT2D eigenvalue weighted by Gasteiger charge is -2.37. The molecule has 108 valence electrons. The highest BCUT2D eigenvalue weighted by molar-refractivity contribution is 9.10. The molecule has 2 aliphatic heterocycles. The van der Waals surface area contributed by atoms with E-state index in [4.69, 9.17) is 0 Å². The third kappa shape index (κ3) is 2.77. The van der Waals surface area contributed by atoms with Gasteiger partial charge in [-0.05, 0) is 50.8 Å². The van der Waals surface area contributed by atoms with Crippen LogP contribution in [0.25, 0.3) is 0 Å². The van der Waals surface area contributed by atoms with Crippen LogP contribution < -0.4 is 5.32 Å². The molecule has 20 heavy (non-hydrogen) atoms. The summed E-state index contributed by atoms with van der Waals surface area (Å²) in [6.45, 7) is 2.87. The van der Waals surface area contributed by atoms with Gasteiger partial charge in [0.15, 0.2) is 0 Å². The van der Waals surface area contributed by atoms with Gasteiger partial charge in [-0.25, -0.2) is 0 Å². The molecular formula is C16H21BrN2O. The van der Waals surface area contributed by atoms with Crippen LogP contribution in [0.5, 0.6) is 0 Å². The third-order valence-corrected chi connectivity index (χ3v) is 5.06. The highest BCUT2D eigenvalue weighted by Crippen LogP contribution is 2.30. The van der Waals surface area contributed by atoms with Crippen LogP contribution in [0.1, 0.15) is 43.0 Å². The molecule has 1 aromatic carbocycles. The number of amides is 1. The van der Waals surface area contributed by atoms with Gasteiger partial charge < -0.3 is 10.2 Å². The van der Waals surface area contributed by atoms with Crippen molar-refractivity contribution in [3.05, 3.63) is 34.3 Å². The molecule has 2 bridgehead atoms. The highest BCUT2D eigenvalue weighted by Gasteiger charge is 2.37. The van der Waals surface area contributed by atoms with Crippen LogP contribution in [0.4, 0.5) is 0 Å². The number of benzene rings is 1. The fourth-order valence-electron chi connectivity index (χ4n) is 3.64. The number of nitrogens with one attached hydrogen (secondary N) is 1. The molecule has 0 spiro atoms. The number of hydrogen-bond donors (Lipinski definition) is 1. The lowest BCUT2D eigenvalue weighted by atomic mass is 9.97. The SMILES string of the molecule is CCN(C(=O)c1cccc(Br)c1)C1CC2CCC(C1)N2. The van der Waals surface area contributed by atoms with E-state index in [0.717, 1.165) is 29.4 Å². The molecule has 3 nitrogen and oxygen atoms in total. The summed E-state index contributed by atoms with van der Waals surface area (Å²) in [6.07, 6.45) is 4.74. The molecular weight excluding hydrogens is 316 g/mol. The predicted molar refractivity (Wildman–Crippen MR) is 83.8 cm³/mol. The van der Waals surface area contributed by atoms with Gasteiger partial charge in [-0.15, -0.1) is 0 Å². The second kappa shape index (κ2) is 5.86. The number of fused-ring (bicyclic) bond motifs is 2. The standard InChI is InChI=1S/C16H21BrN2O/c1-2-19(15-9-13-6-7-14(10-15)18-13)16(20)11-4-3-5-12(17)8-11/h3-5,8,13-15,18H,2,6-7,9-10H2,1H3. The molecule has 0 aromatic heterocycles. The fraction of sp³-hybridized carbons (Fsp3) is 0.562. The minimum Gasteiger partial charge on any atom is -0.336 e. The number of hydrogen-bond acceptors (Lipinski definition) is 2. The average molecular weight is 337 g/mol. The minimum atomic E-state index is 0.167. The Morgan fingerprint density at radius 2 is 2.05 bits per heavy atom. The Kier molecular flexibility index (Phi) is 4.13. The van der Waals surface area contributed by atoms with Gasteiger partial charge in [0.25, 0.3) is 5.91 Å². The second-order valence-electron chi connectivity index (χ2n) is 5.86. The molecule has 4 heteroatoms. The lowest BCUT2D eigenvalue weighted by molar-refractivity contribution is 0.0631. The molecule has 1 aromatic rings. The number of halogens is 1. The van der Waals surface area contributed by atoms with Crippen molar-refractivity contribution in [3.8, 4) is 0 Å². The molecule has 2 unspecified atom stereocenters. The van der Waals surface area contributed by atoms with Crippen molar-refractivity contribution in [1.82, 2.24) is 10.2 Å². The molecule has 0 radical (unpaired) electrons. The van der Waals surface area contributed by atoms with Crippen molar-refractivity contribution in [3.63, 3.8) is 0 Å². The second-order valence-corrected chi connectivity index (χ2v) is 6.78. The van der Waals surface area contributed by atoms with Crippen LogP contribution in [-0.2, 0) is 0 Å². The fourth-order valence-corrected chi connectivity index (χ4v) is 4.04. The number of rotatable bonds is 3. The van der Waals surface area contributed by atoms with Crippen LogP contribution in [0.15, 0.2) is 28.7 Å². The number of carbonyl (C=O) groups is 1. The first kappa shape index (κ1) is 14.1. The van der Waals surface area contributed by atoms with Gasteiger partial charge in [-0.2, -0.15) is 0 Å². The number of piperidine rings is 1. The lowest BCUT2D eigenvalue weighted by Crippen LogP contribution is -2.50. The van der Waals surface area contributed by atoms with Crippen molar-refractivity contribution in [2.45, 2.75) is 50.7 Å². The molecule has 0 aliphatic carbocycles. The first-order chi connectivity index (χ1) is 9.67. The van der Waals surface area contributed by atoms with Crippen LogP contribution in [0, 0.1) is 0 Å². The smallest absolute Gasteiger partial charge is 0.254 e. The van der Waals surface area contributed by atoms with Crippen LogP contribution in [0.2, 0.25) is 0 Å². The van der Waals surface area contributed by atoms with E-state index in [1.54, 1.807) is 0 Å². The summed E-state index contributed by atoms with van der Waals surface area (Å²) in [7, 11) is 0. The van der Waals surface area contributed by atoms with E-state index in [1.807, 2.05) is 24.3 Å². The Morgan fingerprint density at radius 3 is 2.65 bits per heavy atom. The van der Waals surface area contributed by atoms with Gasteiger partial charge in [0.05, 0.1) is 0 Å². The van der Waals surface area contributed by atoms with Gasteiger partial charge in [-0.3, -0.25) is 4.79 Å². The molecule has 2 atom stereocenters. The molecule has 2 heterocycles. The quantitative estimate of drug-likeness (QED) is 0.919. The average Bonchev–Trinajstić information content (AvgIpc) is 2.78. The van der Waals surface area contributed by atoms with E-state index < -0.39 is 0 Å². The van der Waals surface area contributed by atoms with Gasteiger partial charge >= 0.3 is 0 Å². The van der Waals surface area contributed by atoms with E-state index >= 15 is 0 Å². The highest BCUT2D eigenvalue weighted by atomic mass is 79.9. The maximum absolute atomic E-state index is 12.7. The topological polar surface area (TPSA) is 32.3 Å². The van der Waals surface area contributed by atoms with Gasteiger partial charge in [0.1, 0.15) is 0 Å². The van der Waals surface area contributed by atoms with Gasteiger partial charge in [-0.1, -0.05) is 22.0 Å². The zero-order valence-corrected chi connectivity index (χ0v) is 13.4. The first-order valence-corrected chi connectivity index (χ1v) is 8.29. The Morgan fingerprint density at radius 1 is 1.35 bits per heavy atom. The summed E-state index contributed by atoms with van der Waals surface area (Å²) < 4.78 is 0.963. The van der Waals surface area contributed by atoms with E-state index in [0.29, 0.717) is 18.1 Å². The van der Waals surface area contributed by atoms with Crippen molar-refractivity contribution >= 4 is 21.8 Å². The largest absolute Gasteiger partial charge is 0.336 e. The number of carbonyl (C=O) groups excluding carboxylic acids is 1. The molecule has 1 N–H and O–H groups in total. The van der Waals surface area contributed by atoms with E-state index in [2.05, 4.69) is 33.1 Å². The van der Waals surface area contributed by atoms with Gasteiger partial charge in [0, 0.05) is 34.7 Å². The van der Waals surface area contributed by atoms with Crippen molar-refractivity contribution < 1.29 is 4.79 Å². The van der Waals surface area contributed by atoms with Crippen molar-refractivity contribution in [2.24, 2.45) is 0 Å². The predicted octanol–water partition coefficient (Wildman–Crippen LogP) is 3.19. The molecule has 2 aliphatic rings. The molecule has 3 rings (SSSR count). The summed E-state index contributed by atoms with van der Waals surface area (Å²) in [5.41, 5.74) is 0.784. The minimum absolute atomic E-state index is 0.167. The van der Waals surface area contributed by atoms with E-state index in [-0.39, 0.29) is 5.91 Å². The van der Waals surface area contributed by atoms with Crippen molar-refractivity contribution in [2.75, 3.05) is 6.54 Å². The summed E-state index contributed by atoms with van der Waals surface area (Å²) >= 11 is 3.45. The van der Waals surface area contributed by atoms with E-state index in [9.17, 15) is 4.79 Å². The Bertz CT molecular complexity index is 493. The van der Waals surface area contributed by atoms with E-state index in [1.165, 1.54) is 12.8 Å².